The fourth-order valence-corrected chi connectivity index (χ4v) is 1.07. The maximum absolute atomic E-state index is 10.9. The molecule has 84 valence electrons. The van der Waals surface area contributed by atoms with Crippen LogP contribution in [0.3, 0.4) is 0 Å². The second-order valence-electron chi connectivity index (χ2n) is 2.65. The van der Waals surface area contributed by atoms with Gasteiger partial charge in [0.25, 0.3) is 5.91 Å². The van der Waals surface area contributed by atoms with Gasteiger partial charge in [0.05, 0.1) is 0 Å². The zero-order chi connectivity index (χ0) is 10.7. The number of hydrogen-bond donors (Lipinski definition) is 5. The Bertz CT molecular complexity index is 347. The first-order valence-corrected chi connectivity index (χ1v) is 3.79. The van der Waals surface area contributed by atoms with Crippen LogP contribution in [0.4, 0.5) is 0 Å². The second kappa shape index (κ2) is 5.40. The highest BCUT2D eigenvalue weighted by Crippen LogP contribution is 2.28. The van der Waals surface area contributed by atoms with E-state index in [0.717, 1.165) is 0 Å². The van der Waals surface area contributed by atoms with Crippen LogP contribution < -0.4 is 11.2 Å². The Hall–Kier alpha value is -1.50. The number of carbonyl (C=O) groups is 1. The summed E-state index contributed by atoms with van der Waals surface area (Å²) in [6.45, 7) is 0.127. The normalized spacial score (nSPS) is 9.20. The molecule has 7 heteroatoms. The Balaban J connectivity index is 0.00000196. The minimum absolute atomic E-state index is 0. The number of phenolic OH excluding ortho intramolecular Hbond substituents is 2. The zero-order valence-corrected chi connectivity index (χ0v) is 8.41. The Labute approximate surface area is 91.7 Å². The third-order valence-electron chi connectivity index (χ3n) is 1.72. The van der Waals surface area contributed by atoms with Gasteiger partial charge in [-0.2, -0.15) is 0 Å². The Kier molecular flexibility index (Phi) is 4.86. The van der Waals surface area contributed by atoms with Crippen molar-refractivity contribution < 1.29 is 20.2 Å². The SMILES string of the molecule is Cl.NCc1cc(O)c(C(=O)NO)c(O)c1. The average molecular weight is 235 g/mol. The van der Waals surface area contributed by atoms with Crippen LogP contribution in [0.5, 0.6) is 11.5 Å². The van der Waals surface area contributed by atoms with Crippen molar-refractivity contribution in [2.24, 2.45) is 5.73 Å². The van der Waals surface area contributed by atoms with Crippen LogP contribution in [0, 0.1) is 0 Å². The predicted molar refractivity (Wildman–Crippen MR) is 54.2 cm³/mol. The quantitative estimate of drug-likeness (QED) is 0.368. The van der Waals surface area contributed by atoms with E-state index < -0.39 is 17.4 Å². The molecule has 0 atom stereocenters. The van der Waals surface area contributed by atoms with Crippen molar-refractivity contribution in [1.29, 1.82) is 0 Å². The summed E-state index contributed by atoms with van der Waals surface area (Å²) in [5.41, 5.74) is 6.68. The molecule has 0 aliphatic rings. The number of nitrogens with one attached hydrogen (secondary N) is 1. The van der Waals surface area contributed by atoms with E-state index in [4.69, 9.17) is 10.9 Å². The van der Waals surface area contributed by atoms with Crippen molar-refractivity contribution >= 4 is 18.3 Å². The number of phenols is 2. The highest BCUT2D eigenvalue weighted by atomic mass is 35.5. The maximum Gasteiger partial charge on any atom is 0.282 e. The van der Waals surface area contributed by atoms with Gasteiger partial charge in [-0.05, 0) is 17.7 Å². The van der Waals surface area contributed by atoms with Gasteiger partial charge in [0.2, 0.25) is 0 Å². The van der Waals surface area contributed by atoms with Gasteiger partial charge in [-0.15, -0.1) is 12.4 Å². The molecule has 6 nitrogen and oxygen atoms in total. The van der Waals surface area contributed by atoms with E-state index in [1.54, 1.807) is 0 Å². The summed E-state index contributed by atoms with van der Waals surface area (Å²) in [6.07, 6.45) is 0. The van der Waals surface area contributed by atoms with Crippen LogP contribution in [0.2, 0.25) is 0 Å². The molecule has 1 rings (SSSR count). The van der Waals surface area contributed by atoms with Gasteiger partial charge in [-0.3, -0.25) is 10.0 Å². The molecule has 0 saturated carbocycles. The standard InChI is InChI=1S/C8H10N2O4.ClH/c9-3-4-1-5(11)7(6(12)2-4)8(13)10-14;/h1-2,11-12,14H,3,9H2,(H,10,13);1H. The second-order valence-corrected chi connectivity index (χ2v) is 2.65. The van der Waals surface area contributed by atoms with Crippen LogP contribution in [0.1, 0.15) is 15.9 Å². The van der Waals surface area contributed by atoms with E-state index in [2.05, 4.69) is 0 Å². The summed E-state index contributed by atoms with van der Waals surface area (Å²) in [6, 6.07) is 2.48. The lowest BCUT2D eigenvalue weighted by Crippen LogP contribution is -2.19. The largest absolute Gasteiger partial charge is 0.507 e. The first-order valence-electron chi connectivity index (χ1n) is 3.79. The number of halogens is 1. The molecule has 0 heterocycles. The van der Waals surface area contributed by atoms with E-state index in [0.29, 0.717) is 5.56 Å². The topological polar surface area (TPSA) is 116 Å². The number of aromatic hydroxyl groups is 2. The smallest absolute Gasteiger partial charge is 0.282 e. The molecule has 1 aromatic rings. The number of hydrogen-bond acceptors (Lipinski definition) is 5. The van der Waals surface area contributed by atoms with Crippen LogP contribution in [-0.4, -0.2) is 21.3 Å². The molecule has 0 aliphatic carbocycles. The maximum atomic E-state index is 10.9. The highest BCUT2D eigenvalue weighted by Gasteiger charge is 2.16. The van der Waals surface area contributed by atoms with E-state index in [9.17, 15) is 15.0 Å². The molecule has 0 saturated heterocycles. The minimum Gasteiger partial charge on any atom is -0.507 e. The summed E-state index contributed by atoms with van der Waals surface area (Å²) in [5, 5.41) is 27.0. The molecule has 0 spiro atoms. The number of nitrogens with two attached hydrogens (primary N) is 1. The molecule has 15 heavy (non-hydrogen) atoms. The number of amides is 1. The molecule has 0 bridgehead atoms. The number of rotatable bonds is 2. The summed E-state index contributed by atoms with van der Waals surface area (Å²) in [5.74, 6) is -1.85. The third-order valence-corrected chi connectivity index (χ3v) is 1.72. The summed E-state index contributed by atoms with van der Waals surface area (Å²) in [4.78, 5) is 10.9. The molecule has 6 N–H and O–H groups in total. The van der Waals surface area contributed by atoms with E-state index in [-0.39, 0.29) is 24.5 Å². The monoisotopic (exact) mass is 234 g/mol. The average Bonchev–Trinajstić information content (AvgIpc) is 2.16. The van der Waals surface area contributed by atoms with Crippen LogP contribution in [-0.2, 0) is 6.54 Å². The lowest BCUT2D eigenvalue weighted by molar-refractivity contribution is 0.0700. The Morgan fingerprint density at radius 2 is 1.80 bits per heavy atom. The molecule has 1 aromatic carbocycles. The van der Waals surface area contributed by atoms with Crippen molar-refractivity contribution in [3.63, 3.8) is 0 Å². The summed E-state index contributed by atoms with van der Waals surface area (Å²) in [7, 11) is 0. The van der Waals surface area contributed by atoms with Gasteiger partial charge in [-0.25, -0.2) is 5.48 Å². The van der Waals surface area contributed by atoms with Gasteiger partial charge < -0.3 is 15.9 Å². The van der Waals surface area contributed by atoms with Crippen LogP contribution in [0.15, 0.2) is 12.1 Å². The van der Waals surface area contributed by atoms with Crippen molar-refractivity contribution in [2.45, 2.75) is 6.54 Å². The molecule has 0 unspecified atom stereocenters. The van der Waals surface area contributed by atoms with Gasteiger partial charge in [-0.1, -0.05) is 0 Å². The zero-order valence-electron chi connectivity index (χ0n) is 7.60. The molecule has 0 radical (unpaired) electrons. The van der Waals surface area contributed by atoms with Crippen molar-refractivity contribution in [1.82, 2.24) is 5.48 Å². The highest BCUT2D eigenvalue weighted by molar-refractivity contribution is 5.98. The molecule has 0 aliphatic heterocycles. The molecule has 1 amide bonds. The number of carbonyl (C=O) groups excluding carboxylic acids is 1. The van der Waals surface area contributed by atoms with Gasteiger partial charge in [0.1, 0.15) is 17.1 Å². The van der Waals surface area contributed by atoms with E-state index in [1.807, 2.05) is 0 Å². The molecule has 0 aromatic heterocycles. The minimum atomic E-state index is -0.983. The fraction of sp³-hybridized carbons (Fsp3) is 0.125. The molecular weight excluding hydrogens is 224 g/mol. The fourth-order valence-electron chi connectivity index (χ4n) is 1.07. The lowest BCUT2D eigenvalue weighted by Gasteiger charge is -2.07. The van der Waals surface area contributed by atoms with E-state index in [1.165, 1.54) is 17.6 Å². The van der Waals surface area contributed by atoms with Crippen LogP contribution in [0.25, 0.3) is 0 Å². The van der Waals surface area contributed by atoms with Gasteiger partial charge in [0.15, 0.2) is 0 Å². The number of hydroxylamine groups is 1. The van der Waals surface area contributed by atoms with Gasteiger partial charge in [0, 0.05) is 6.54 Å². The first-order chi connectivity index (χ1) is 6.60. The molecular formula is C8H11ClN2O4. The van der Waals surface area contributed by atoms with E-state index >= 15 is 0 Å². The van der Waals surface area contributed by atoms with Crippen molar-refractivity contribution in [2.75, 3.05) is 0 Å². The Morgan fingerprint density at radius 1 is 1.33 bits per heavy atom. The van der Waals surface area contributed by atoms with Crippen molar-refractivity contribution in [3.8, 4) is 11.5 Å². The van der Waals surface area contributed by atoms with Crippen LogP contribution >= 0.6 is 12.4 Å². The number of benzene rings is 1. The first kappa shape index (κ1) is 13.5. The Morgan fingerprint density at radius 3 is 2.13 bits per heavy atom. The van der Waals surface area contributed by atoms with Crippen molar-refractivity contribution in [3.05, 3.63) is 23.3 Å². The third kappa shape index (κ3) is 2.72. The lowest BCUT2D eigenvalue weighted by atomic mass is 10.1. The summed E-state index contributed by atoms with van der Waals surface area (Å²) >= 11 is 0. The summed E-state index contributed by atoms with van der Waals surface area (Å²) < 4.78 is 0. The van der Waals surface area contributed by atoms with Gasteiger partial charge >= 0.3 is 0 Å². The predicted octanol–water partition coefficient (Wildman–Crippen LogP) is 0.0973. The molecule has 0 fully saturated rings.